The molecule has 0 N–H and O–H groups in total. The molecule has 0 spiro atoms. The molecule has 0 atom stereocenters. The molecule has 2 heterocycles. The van der Waals surface area contributed by atoms with Gasteiger partial charge < -0.3 is 0 Å². The van der Waals surface area contributed by atoms with Crippen LogP contribution in [0.5, 0.6) is 0 Å². The van der Waals surface area contributed by atoms with Crippen molar-refractivity contribution in [3.05, 3.63) is 66.1 Å². The number of benzene rings is 1. The van der Waals surface area contributed by atoms with Crippen molar-refractivity contribution in [3.63, 3.8) is 0 Å². The molecule has 0 amide bonds. The summed E-state index contributed by atoms with van der Waals surface area (Å²) in [5.74, 6) is -0.107. The fourth-order valence-corrected chi connectivity index (χ4v) is 17.5. The zero-order valence-electron chi connectivity index (χ0n) is 20.0. The van der Waals surface area contributed by atoms with Crippen molar-refractivity contribution in [1.29, 1.82) is 0 Å². The van der Waals surface area contributed by atoms with E-state index in [4.69, 9.17) is 3.07 Å². The van der Waals surface area contributed by atoms with E-state index in [0.29, 0.717) is 12.2 Å². The van der Waals surface area contributed by atoms with Gasteiger partial charge in [-0.15, -0.1) is 0 Å². The first kappa shape index (κ1) is 24.8. The van der Waals surface area contributed by atoms with E-state index in [9.17, 15) is 4.79 Å². The van der Waals surface area contributed by atoms with E-state index in [-0.39, 0.29) is 5.97 Å². The van der Waals surface area contributed by atoms with E-state index in [1.807, 2.05) is 30.5 Å². The van der Waals surface area contributed by atoms with Crippen LogP contribution in [0.4, 0.5) is 0 Å². The second-order valence-corrected chi connectivity index (χ2v) is 20.5. The number of carbonyl (C=O) groups excluding carboxylic acids is 1. The first-order chi connectivity index (χ1) is 15.6. The SMILES string of the molecule is CCC[CH2][Sn]([CH2]CCC)([CH2]CCC)[O]C(=O)c1cc2ccccc2n1Cc1cccnc1. The summed E-state index contributed by atoms with van der Waals surface area (Å²) in [6, 6.07) is 14.2. The van der Waals surface area contributed by atoms with Crippen LogP contribution in [0.25, 0.3) is 10.9 Å². The van der Waals surface area contributed by atoms with Gasteiger partial charge in [-0.3, -0.25) is 0 Å². The molecule has 5 heteroatoms. The maximum atomic E-state index is 13.7. The minimum absolute atomic E-state index is 0.107. The molecule has 0 unspecified atom stereocenters. The number of fused-ring (bicyclic) bond motifs is 1. The van der Waals surface area contributed by atoms with Crippen LogP contribution in [0.2, 0.25) is 13.3 Å². The van der Waals surface area contributed by atoms with Crippen LogP contribution >= 0.6 is 0 Å². The molecule has 32 heavy (non-hydrogen) atoms. The molecule has 3 aromatic rings. The van der Waals surface area contributed by atoms with Crippen LogP contribution in [-0.2, 0) is 9.62 Å². The number of carbonyl (C=O) groups is 1. The van der Waals surface area contributed by atoms with Crippen LogP contribution in [0, 0.1) is 0 Å². The molecule has 1 aromatic carbocycles. The normalized spacial score (nSPS) is 11.7. The Bertz CT molecular complexity index is 962. The van der Waals surface area contributed by atoms with Gasteiger partial charge in [-0.25, -0.2) is 0 Å². The van der Waals surface area contributed by atoms with Gasteiger partial charge in [0.05, 0.1) is 0 Å². The first-order valence-electron chi connectivity index (χ1n) is 12.3. The molecule has 0 aliphatic carbocycles. The second kappa shape index (κ2) is 12.4. The number of unbranched alkanes of at least 4 members (excludes halogenated alkanes) is 3. The van der Waals surface area contributed by atoms with Gasteiger partial charge in [0, 0.05) is 0 Å². The second-order valence-electron chi connectivity index (χ2n) is 8.92. The Morgan fingerprint density at radius 2 is 1.59 bits per heavy atom. The van der Waals surface area contributed by atoms with Gasteiger partial charge in [0.25, 0.3) is 0 Å². The Morgan fingerprint density at radius 1 is 0.938 bits per heavy atom. The Labute approximate surface area is 197 Å². The summed E-state index contributed by atoms with van der Waals surface area (Å²) >= 11 is -3.05. The van der Waals surface area contributed by atoms with Crippen LogP contribution in [0.3, 0.4) is 0 Å². The monoisotopic (exact) mass is 542 g/mol. The molecule has 0 fully saturated rings. The van der Waals surface area contributed by atoms with Crippen molar-refractivity contribution in [1.82, 2.24) is 9.55 Å². The number of aromatic nitrogens is 2. The molecule has 0 bridgehead atoms. The Balaban J connectivity index is 1.96. The summed E-state index contributed by atoms with van der Waals surface area (Å²) in [6.07, 6.45) is 10.7. The Kier molecular flexibility index (Phi) is 9.64. The maximum absolute atomic E-state index is 13.7. The van der Waals surface area contributed by atoms with E-state index in [0.717, 1.165) is 49.0 Å². The average molecular weight is 541 g/mol. The van der Waals surface area contributed by atoms with E-state index >= 15 is 0 Å². The predicted octanol–water partition coefficient (Wildman–Crippen LogP) is 7.59. The molecule has 0 saturated carbocycles. The van der Waals surface area contributed by atoms with Crippen molar-refractivity contribution < 1.29 is 7.87 Å². The van der Waals surface area contributed by atoms with Gasteiger partial charge in [-0.05, 0) is 0 Å². The molecule has 0 saturated heterocycles. The van der Waals surface area contributed by atoms with E-state index in [2.05, 4.69) is 48.5 Å². The quantitative estimate of drug-likeness (QED) is 0.210. The van der Waals surface area contributed by atoms with E-state index < -0.39 is 18.8 Å². The van der Waals surface area contributed by atoms with E-state index in [1.54, 1.807) is 6.20 Å². The number of pyridine rings is 1. The number of rotatable bonds is 13. The first-order valence-corrected chi connectivity index (χ1v) is 19.5. The number of hydrogen-bond donors (Lipinski definition) is 0. The van der Waals surface area contributed by atoms with Crippen molar-refractivity contribution in [3.8, 4) is 0 Å². The third-order valence-electron chi connectivity index (χ3n) is 6.35. The van der Waals surface area contributed by atoms with Gasteiger partial charge in [0.2, 0.25) is 0 Å². The summed E-state index contributed by atoms with van der Waals surface area (Å²) in [7, 11) is 0. The van der Waals surface area contributed by atoms with E-state index in [1.165, 1.54) is 19.3 Å². The van der Waals surface area contributed by atoms with Gasteiger partial charge in [0.1, 0.15) is 0 Å². The van der Waals surface area contributed by atoms with Gasteiger partial charge in [-0.2, -0.15) is 0 Å². The molecule has 3 rings (SSSR count). The molecule has 0 aliphatic rings. The van der Waals surface area contributed by atoms with Crippen LogP contribution in [0.1, 0.15) is 75.3 Å². The molecule has 0 aliphatic heterocycles. The Morgan fingerprint density at radius 3 is 2.19 bits per heavy atom. The van der Waals surface area contributed by atoms with Crippen molar-refractivity contribution in [2.75, 3.05) is 0 Å². The zero-order valence-corrected chi connectivity index (χ0v) is 22.8. The number of para-hydroxylation sites is 1. The van der Waals surface area contributed by atoms with Crippen molar-refractivity contribution >= 4 is 35.7 Å². The molecule has 0 radical (unpaired) electrons. The topological polar surface area (TPSA) is 44.1 Å². The minimum atomic E-state index is -3.05. The molecule has 4 nitrogen and oxygen atoms in total. The van der Waals surface area contributed by atoms with Crippen LogP contribution in [-0.4, -0.2) is 34.3 Å². The zero-order chi connectivity index (χ0) is 22.8. The molecular weight excluding hydrogens is 503 g/mol. The van der Waals surface area contributed by atoms with Crippen molar-refractivity contribution in [2.24, 2.45) is 0 Å². The molecule has 172 valence electrons. The number of hydrogen-bond acceptors (Lipinski definition) is 3. The Hall–Kier alpha value is -1.82. The van der Waals surface area contributed by atoms with Gasteiger partial charge in [-0.1, -0.05) is 0 Å². The fraction of sp³-hybridized carbons (Fsp3) is 0.481. The summed E-state index contributed by atoms with van der Waals surface area (Å²) in [4.78, 5) is 18.0. The standard InChI is InChI=1S/C15H12N2O2.3C4H9.Sn/c18-15(19)14-8-12-5-1-2-6-13(12)17(14)10-11-4-3-7-16-9-11;3*1-3-4-2;/h1-9H,10H2,(H,18,19);3*1,3-4H2,2H3;/q;;;;+1/p-1. The summed E-state index contributed by atoms with van der Waals surface area (Å²) in [5.41, 5.74) is 2.83. The number of nitrogens with zero attached hydrogens (tertiary/aromatic N) is 2. The van der Waals surface area contributed by atoms with Crippen molar-refractivity contribution in [2.45, 2.75) is 79.2 Å². The molecule has 2 aromatic heterocycles. The average Bonchev–Trinajstić information content (AvgIpc) is 3.19. The summed E-state index contributed by atoms with van der Waals surface area (Å²) < 4.78 is 12.2. The van der Waals surface area contributed by atoms with Crippen LogP contribution < -0.4 is 0 Å². The fourth-order valence-electron chi connectivity index (χ4n) is 4.50. The van der Waals surface area contributed by atoms with Gasteiger partial charge >= 0.3 is 198 Å². The predicted molar refractivity (Wildman–Crippen MR) is 136 cm³/mol. The molecular formula is C27H38N2O2Sn. The summed E-state index contributed by atoms with van der Waals surface area (Å²) in [6.45, 7) is 7.34. The summed E-state index contributed by atoms with van der Waals surface area (Å²) in [5, 5.41) is 1.08. The third-order valence-corrected chi connectivity index (χ3v) is 18.9. The van der Waals surface area contributed by atoms with Gasteiger partial charge in [0.15, 0.2) is 0 Å². The third kappa shape index (κ3) is 6.37. The van der Waals surface area contributed by atoms with Crippen LogP contribution in [0.15, 0.2) is 54.9 Å².